The molecule has 0 heterocycles. The maximum atomic E-state index is 10.4. The molecule has 0 aromatic heterocycles. The second-order valence-electron chi connectivity index (χ2n) is 1.78. The molecular formula is C2H6N4O7S2. The van der Waals surface area contributed by atoms with E-state index in [2.05, 4.69) is 16.4 Å². The maximum absolute atomic E-state index is 10.4. The van der Waals surface area contributed by atoms with Crippen molar-refractivity contribution in [2.45, 2.75) is 0 Å². The van der Waals surface area contributed by atoms with Gasteiger partial charge in [-0.3, -0.25) is 0 Å². The van der Waals surface area contributed by atoms with Gasteiger partial charge in [-0.15, -0.1) is 4.94 Å². The lowest BCUT2D eigenvalue weighted by Crippen LogP contribution is -2.44. The van der Waals surface area contributed by atoms with Crippen LogP contribution in [0.25, 0.3) is 0 Å². The third-order valence-electron chi connectivity index (χ3n) is 0.828. The minimum atomic E-state index is -3.67. The van der Waals surface area contributed by atoms with Gasteiger partial charge >= 0.3 is 12.1 Å². The van der Waals surface area contributed by atoms with Crippen LogP contribution in [0.5, 0.6) is 0 Å². The first-order valence-corrected chi connectivity index (χ1v) is 5.19. The lowest BCUT2D eigenvalue weighted by molar-refractivity contribution is -0.168. The van der Waals surface area contributed by atoms with Crippen molar-refractivity contribution in [2.75, 3.05) is 0 Å². The Balaban J connectivity index is 4.93. The van der Waals surface area contributed by atoms with Gasteiger partial charge in [-0.1, -0.05) is 8.94 Å². The number of carbonyl (C=O) groups is 2. The van der Waals surface area contributed by atoms with Gasteiger partial charge in [-0.25, -0.2) is 26.4 Å². The molecule has 0 rings (SSSR count). The summed E-state index contributed by atoms with van der Waals surface area (Å²) in [5.74, 6) is 0. The van der Waals surface area contributed by atoms with Crippen molar-refractivity contribution in [3.63, 3.8) is 0 Å². The SMILES string of the molecule is NC(=O)N(ON(C(N)=O)[SH](=O)=O)[SH](=O)=O. The standard InChI is InChI=1S/C2H6N4O7S2/c3-1(7)5(14(9)10)13-6(2(4)8)15(11)12/h14-15H,(H2,3,7)(H2,4,8). The molecule has 0 radical (unpaired) electrons. The second kappa shape index (κ2) is 5.32. The van der Waals surface area contributed by atoms with E-state index in [1.54, 1.807) is 0 Å². The Morgan fingerprint density at radius 3 is 1.27 bits per heavy atom. The van der Waals surface area contributed by atoms with Gasteiger partial charge in [0.15, 0.2) is 0 Å². The van der Waals surface area contributed by atoms with E-state index < -0.39 is 42.8 Å². The van der Waals surface area contributed by atoms with E-state index in [-0.39, 0.29) is 0 Å². The second-order valence-corrected chi connectivity index (χ2v) is 3.46. The molecule has 0 saturated carbocycles. The normalized spacial score (nSPS) is 10.3. The number of urea groups is 2. The van der Waals surface area contributed by atoms with Crippen LogP contribution in [-0.2, 0) is 26.7 Å². The van der Waals surface area contributed by atoms with Crippen LogP contribution in [0.3, 0.4) is 0 Å². The predicted molar refractivity (Wildman–Crippen MR) is 44.6 cm³/mol. The molecule has 0 bridgehead atoms. The highest BCUT2D eigenvalue weighted by Crippen LogP contribution is 1.97. The van der Waals surface area contributed by atoms with Gasteiger partial charge in [-0.05, 0) is 0 Å². The minimum absolute atomic E-state index is 0.550. The Bertz CT molecular complexity index is 357. The summed E-state index contributed by atoms with van der Waals surface area (Å²) in [6, 6.07) is -3.29. The summed E-state index contributed by atoms with van der Waals surface area (Å²) in [6.45, 7) is 0. The molecule has 13 heteroatoms. The number of thiol groups is 2. The fraction of sp³-hybridized carbons (Fsp3) is 0. The number of carbonyl (C=O) groups excluding carboxylic acids is 2. The largest absolute Gasteiger partial charge is 0.355 e. The number of hydroxylamine groups is 2. The van der Waals surface area contributed by atoms with E-state index in [0.717, 1.165) is 0 Å². The third kappa shape index (κ3) is 3.96. The summed E-state index contributed by atoms with van der Waals surface area (Å²) in [7, 11) is -7.33. The molecule has 0 aliphatic heterocycles. The average Bonchev–Trinajstić information content (AvgIpc) is 2.01. The Hall–Kier alpha value is -1.60. The van der Waals surface area contributed by atoms with Crippen LogP contribution >= 0.6 is 0 Å². The molecule has 0 aromatic rings. The van der Waals surface area contributed by atoms with Crippen LogP contribution in [0.4, 0.5) is 9.59 Å². The maximum Gasteiger partial charge on any atom is 0.355 e. The van der Waals surface area contributed by atoms with Gasteiger partial charge in [0.1, 0.15) is 0 Å². The van der Waals surface area contributed by atoms with E-state index in [4.69, 9.17) is 0 Å². The van der Waals surface area contributed by atoms with E-state index in [1.165, 1.54) is 0 Å². The van der Waals surface area contributed by atoms with Crippen molar-refractivity contribution in [1.82, 2.24) is 8.94 Å². The minimum Gasteiger partial charge on any atom is -0.349 e. The molecule has 0 saturated heterocycles. The van der Waals surface area contributed by atoms with Crippen molar-refractivity contribution >= 4 is 33.8 Å². The molecule has 4 N–H and O–H groups in total. The molecule has 0 atom stereocenters. The van der Waals surface area contributed by atoms with Crippen LogP contribution in [-0.4, -0.2) is 37.8 Å². The summed E-state index contributed by atoms with van der Waals surface area (Å²) in [4.78, 5) is 24.6. The van der Waals surface area contributed by atoms with Crippen molar-refractivity contribution in [1.29, 1.82) is 0 Å². The van der Waals surface area contributed by atoms with Gasteiger partial charge < -0.3 is 11.5 Å². The summed E-state index contributed by atoms with van der Waals surface area (Å²) in [5.41, 5.74) is 8.98. The van der Waals surface area contributed by atoms with E-state index >= 15 is 0 Å². The summed E-state index contributed by atoms with van der Waals surface area (Å²) < 4.78 is 40.0. The quantitative estimate of drug-likeness (QED) is 0.302. The number of amides is 4. The highest BCUT2D eigenvalue weighted by Gasteiger charge is 2.23. The zero-order valence-corrected chi connectivity index (χ0v) is 8.59. The van der Waals surface area contributed by atoms with Crippen LogP contribution in [0.1, 0.15) is 0 Å². The van der Waals surface area contributed by atoms with Gasteiger partial charge in [0.05, 0.1) is 0 Å². The third-order valence-corrected chi connectivity index (χ3v) is 1.96. The highest BCUT2D eigenvalue weighted by molar-refractivity contribution is 7.71. The molecule has 0 spiro atoms. The summed E-state index contributed by atoms with van der Waals surface area (Å²) in [6.07, 6.45) is 0. The molecule has 88 valence electrons. The summed E-state index contributed by atoms with van der Waals surface area (Å²) >= 11 is 0. The van der Waals surface area contributed by atoms with Gasteiger partial charge in [0.25, 0.3) is 21.8 Å². The zero-order chi connectivity index (χ0) is 12.2. The van der Waals surface area contributed by atoms with E-state index in [0.29, 0.717) is 0 Å². The molecule has 0 aromatic carbocycles. The number of hydrogen-bond donors (Lipinski definition) is 4. The van der Waals surface area contributed by atoms with Crippen LogP contribution < -0.4 is 11.5 Å². The van der Waals surface area contributed by atoms with E-state index in [1.807, 2.05) is 0 Å². The smallest absolute Gasteiger partial charge is 0.349 e. The molecular weight excluding hydrogens is 256 g/mol. The predicted octanol–water partition coefficient (Wildman–Crippen LogP) is -3.35. The van der Waals surface area contributed by atoms with Crippen molar-refractivity contribution in [3.8, 4) is 0 Å². The lowest BCUT2D eigenvalue weighted by atomic mass is 11.1. The number of nitrogens with two attached hydrogens (primary N) is 2. The zero-order valence-electron chi connectivity index (χ0n) is 6.80. The van der Waals surface area contributed by atoms with E-state index in [9.17, 15) is 26.4 Å². The first-order valence-electron chi connectivity index (χ1n) is 2.93. The molecule has 15 heavy (non-hydrogen) atoms. The monoisotopic (exact) mass is 262 g/mol. The fourth-order valence-corrected chi connectivity index (χ4v) is 1.02. The number of rotatable bonds is 4. The van der Waals surface area contributed by atoms with Gasteiger partial charge in [-0.2, -0.15) is 0 Å². The average molecular weight is 262 g/mol. The molecule has 4 amide bonds. The van der Waals surface area contributed by atoms with Crippen LogP contribution in [0, 0.1) is 0 Å². The van der Waals surface area contributed by atoms with Gasteiger partial charge in [0, 0.05) is 0 Å². The molecule has 0 aliphatic rings. The summed E-state index contributed by atoms with van der Waals surface area (Å²) in [5, 5.41) is 0. The first-order chi connectivity index (χ1) is 6.77. The topological polar surface area (TPSA) is 170 Å². The lowest BCUT2D eigenvalue weighted by Gasteiger charge is -2.16. The fourth-order valence-electron chi connectivity index (χ4n) is 0.374. The highest BCUT2D eigenvalue weighted by atomic mass is 32.2. The Morgan fingerprint density at radius 2 is 1.13 bits per heavy atom. The first kappa shape index (κ1) is 13.4. The van der Waals surface area contributed by atoms with Crippen molar-refractivity contribution in [2.24, 2.45) is 11.5 Å². The van der Waals surface area contributed by atoms with Crippen molar-refractivity contribution < 1.29 is 31.4 Å². The Kier molecular flexibility index (Phi) is 4.75. The number of nitrogens with zero attached hydrogens (tertiary/aromatic N) is 2. The Labute approximate surface area is 86.2 Å². The van der Waals surface area contributed by atoms with Gasteiger partial charge in [0.2, 0.25) is 0 Å². The Morgan fingerprint density at radius 1 is 0.867 bits per heavy atom. The number of primary amides is 2. The number of hydrogen-bond acceptors (Lipinski definition) is 7. The molecule has 0 unspecified atom stereocenters. The van der Waals surface area contributed by atoms with Crippen LogP contribution in [0.2, 0.25) is 0 Å². The molecule has 0 aliphatic carbocycles. The van der Waals surface area contributed by atoms with Crippen molar-refractivity contribution in [3.05, 3.63) is 0 Å². The molecule has 11 nitrogen and oxygen atoms in total. The molecule has 0 fully saturated rings. The van der Waals surface area contributed by atoms with Crippen LogP contribution in [0.15, 0.2) is 0 Å².